The highest BCUT2D eigenvalue weighted by Gasteiger charge is 2.31. The molecule has 24 heavy (non-hydrogen) atoms. The number of carbonyl (C=O) groups excluding carboxylic acids is 1. The Labute approximate surface area is 140 Å². The van der Waals surface area contributed by atoms with Gasteiger partial charge < -0.3 is 14.4 Å². The van der Waals surface area contributed by atoms with E-state index in [2.05, 4.69) is 9.72 Å². The molecule has 0 aliphatic rings. The first-order chi connectivity index (χ1) is 11.3. The Morgan fingerprint density at radius 1 is 1.25 bits per heavy atom. The van der Waals surface area contributed by atoms with Crippen LogP contribution in [0.2, 0.25) is 0 Å². The second-order valence-corrected chi connectivity index (χ2v) is 5.36. The van der Waals surface area contributed by atoms with Gasteiger partial charge in [0.25, 0.3) is 0 Å². The molecule has 1 aromatic heterocycles. The number of benzene rings is 1. The van der Waals surface area contributed by atoms with Gasteiger partial charge in [-0.1, -0.05) is 0 Å². The van der Waals surface area contributed by atoms with E-state index >= 15 is 0 Å². The van der Waals surface area contributed by atoms with E-state index in [9.17, 15) is 18.0 Å². The van der Waals surface area contributed by atoms with Gasteiger partial charge >= 0.3 is 12.3 Å². The zero-order valence-corrected chi connectivity index (χ0v) is 13.8. The van der Waals surface area contributed by atoms with E-state index in [1.165, 1.54) is 35.6 Å². The first-order valence-corrected chi connectivity index (χ1v) is 7.98. The Kier molecular flexibility index (Phi) is 5.66. The van der Waals surface area contributed by atoms with Crippen molar-refractivity contribution >= 4 is 28.1 Å². The highest BCUT2D eigenvalue weighted by Crippen LogP contribution is 2.31. The summed E-state index contributed by atoms with van der Waals surface area (Å²) in [7, 11) is 0. The first-order valence-electron chi connectivity index (χ1n) is 7.10. The van der Waals surface area contributed by atoms with Gasteiger partial charge in [-0.2, -0.15) is 0 Å². The summed E-state index contributed by atoms with van der Waals surface area (Å²) in [6.45, 7) is 4.35. The summed E-state index contributed by atoms with van der Waals surface area (Å²) in [4.78, 5) is 17.6. The fourth-order valence-corrected chi connectivity index (χ4v) is 2.82. The number of ether oxygens (including phenoxy) is 2. The number of halogens is 3. The van der Waals surface area contributed by atoms with Crippen LogP contribution in [-0.2, 0) is 4.74 Å². The van der Waals surface area contributed by atoms with Crippen molar-refractivity contribution in [2.75, 3.05) is 18.1 Å². The molecule has 0 bridgehead atoms. The number of hydrogen-bond donors (Lipinski definition) is 0. The van der Waals surface area contributed by atoms with Crippen LogP contribution in [0, 0.1) is 0 Å². The van der Waals surface area contributed by atoms with Gasteiger partial charge in [0.15, 0.2) is 10.8 Å². The molecule has 0 radical (unpaired) electrons. The second kappa shape index (κ2) is 7.52. The van der Waals surface area contributed by atoms with Crippen LogP contribution >= 0.6 is 11.3 Å². The zero-order valence-electron chi connectivity index (χ0n) is 13.0. The number of aromatic nitrogens is 1. The minimum atomic E-state index is -4.73. The molecule has 9 heteroatoms. The molecule has 0 aliphatic heterocycles. The predicted molar refractivity (Wildman–Crippen MR) is 83.9 cm³/mol. The number of nitrogens with zero attached hydrogens (tertiary/aromatic N) is 2. The minimum absolute atomic E-state index is 0.201. The van der Waals surface area contributed by atoms with Gasteiger partial charge in [-0.3, -0.25) is 0 Å². The van der Waals surface area contributed by atoms with Crippen molar-refractivity contribution in [1.29, 1.82) is 0 Å². The Hall–Kier alpha value is -2.29. The maximum Gasteiger partial charge on any atom is 0.573 e. The summed E-state index contributed by atoms with van der Waals surface area (Å²) in [6, 6.07) is 5.45. The lowest BCUT2D eigenvalue weighted by Crippen LogP contribution is -2.18. The number of thiazole rings is 1. The number of hydrogen-bond acceptors (Lipinski definition) is 6. The SMILES string of the molecule is CCOC(=O)c1csc(N(CC)c2ccc(OC(F)(F)F)cc2)n1. The van der Waals surface area contributed by atoms with Gasteiger partial charge in [-0.05, 0) is 38.1 Å². The van der Waals surface area contributed by atoms with Crippen LogP contribution in [0.25, 0.3) is 0 Å². The van der Waals surface area contributed by atoms with E-state index in [0.29, 0.717) is 17.4 Å². The molecular formula is C15H15F3N2O3S. The Bertz CT molecular complexity index is 686. The van der Waals surface area contributed by atoms with Gasteiger partial charge in [-0.15, -0.1) is 24.5 Å². The molecule has 5 nitrogen and oxygen atoms in total. The Morgan fingerprint density at radius 2 is 1.92 bits per heavy atom. The lowest BCUT2D eigenvalue weighted by atomic mass is 10.3. The highest BCUT2D eigenvalue weighted by molar-refractivity contribution is 7.14. The van der Waals surface area contributed by atoms with Gasteiger partial charge in [0.05, 0.1) is 6.61 Å². The molecule has 2 aromatic rings. The molecule has 1 aromatic carbocycles. The topological polar surface area (TPSA) is 51.7 Å². The van der Waals surface area contributed by atoms with Crippen LogP contribution < -0.4 is 9.64 Å². The number of anilines is 2. The molecule has 130 valence electrons. The van der Waals surface area contributed by atoms with Crippen LogP contribution in [0.3, 0.4) is 0 Å². The average molecular weight is 360 g/mol. The molecule has 0 N–H and O–H groups in total. The third kappa shape index (κ3) is 4.60. The Morgan fingerprint density at radius 3 is 2.46 bits per heavy atom. The molecule has 0 saturated carbocycles. The van der Waals surface area contributed by atoms with E-state index in [1.54, 1.807) is 17.2 Å². The maximum absolute atomic E-state index is 12.2. The van der Waals surface area contributed by atoms with Crippen molar-refractivity contribution in [3.05, 3.63) is 35.3 Å². The zero-order chi connectivity index (χ0) is 17.7. The smallest absolute Gasteiger partial charge is 0.461 e. The van der Waals surface area contributed by atoms with Crippen molar-refractivity contribution < 1.29 is 27.4 Å². The quantitative estimate of drug-likeness (QED) is 0.716. The first kappa shape index (κ1) is 18.1. The molecule has 0 atom stereocenters. The number of alkyl halides is 3. The van der Waals surface area contributed by atoms with Gasteiger partial charge in [-0.25, -0.2) is 9.78 Å². The summed E-state index contributed by atoms with van der Waals surface area (Å²) >= 11 is 1.25. The fourth-order valence-electron chi connectivity index (χ4n) is 1.94. The maximum atomic E-state index is 12.2. The molecular weight excluding hydrogens is 345 g/mol. The molecule has 0 amide bonds. The van der Waals surface area contributed by atoms with Crippen molar-refractivity contribution in [2.24, 2.45) is 0 Å². The van der Waals surface area contributed by atoms with Crippen molar-refractivity contribution in [2.45, 2.75) is 20.2 Å². The highest BCUT2D eigenvalue weighted by atomic mass is 32.1. The normalized spacial score (nSPS) is 11.2. The second-order valence-electron chi connectivity index (χ2n) is 4.52. The third-order valence-corrected chi connectivity index (χ3v) is 3.77. The van der Waals surface area contributed by atoms with E-state index in [1.807, 2.05) is 6.92 Å². The molecule has 0 unspecified atom stereocenters. The number of esters is 1. The van der Waals surface area contributed by atoms with Gasteiger partial charge in [0.1, 0.15) is 5.75 Å². The Balaban J connectivity index is 2.18. The van der Waals surface area contributed by atoms with E-state index in [-0.39, 0.29) is 18.1 Å². The molecule has 0 spiro atoms. The van der Waals surface area contributed by atoms with Crippen LogP contribution in [0.5, 0.6) is 5.75 Å². The lowest BCUT2D eigenvalue weighted by Gasteiger charge is -2.20. The summed E-state index contributed by atoms with van der Waals surface area (Å²) in [5.74, 6) is -0.807. The largest absolute Gasteiger partial charge is 0.573 e. The van der Waals surface area contributed by atoms with Crippen molar-refractivity contribution in [3.8, 4) is 5.75 Å². The van der Waals surface area contributed by atoms with Crippen LogP contribution in [0.1, 0.15) is 24.3 Å². The molecule has 0 fully saturated rings. The summed E-state index contributed by atoms with van der Waals surface area (Å²) in [5, 5.41) is 2.13. The third-order valence-electron chi connectivity index (χ3n) is 2.91. The summed E-state index contributed by atoms with van der Waals surface area (Å²) in [6.07, 6.45) is -4.73. The van der Waals surface area contributed by atoms with Crippen LogP contribution in [0.4, 0.5) is 24.0 Å². The monoisotopic (exact) mass is 360 g/mol. The number of carbonyl (C=O) groups is 1. The van der Waals surface area contributed by atoms with Crippen LogP contribution in [0.15, 0.2) is 29.6 Å². The molecule has 0 saturated heterocycles. The molecule has 1 heterocycles. The van der Waals surface area contributed by atoms with Crippen molar-refractivity contribution in [3.63, 3.8) is 0 Å². The average Bonchev–Trinajstić information content (AvgIpc) is 2.98. The van der Waals surface area contributed by atoms with E-state index in [4.69, 9.17) is 4.74 Å². The molecule has 0 aliphatic carbocycles. The van der Waals surface area contributed by atoms with Gasteiger partial charge in [0.2, 0.25) is 0 Å². The summed E-state index contributed by atoms with van der Waals surface area (Å²) in [5.41, 5.74) is 0.837. The lowest BCUT2D eigenvalue weighted by molar-refractivity contribution is -0.274. The van der Waals surface area contributed by atoms with Crippen LogP contribution in [-0.4, -0.2) is 30.5 Å². The van der Waals surface area contributed by atoms with E-state index in [0.717, 1.165) is 0 Å². The van der Waals surface area contributed by atoms with Gasteiger partial charge in [0, 0.05) is 17.6 Å². The van der Waals surface area contributed by atoms with Crippen molar-refractivity contribution in [1.82, 2.24) is 4.98 Å². The number of rotatable bonds is 6. The standard InChI is InChI=1S/C15H15F3N2O3S/c1-3-20(14-19-12(9-24-14)13(21)22-4-2)10-5-7-11(8-6-10)23-15(16,17)18/h5-9H,3-4H2,1-2H3. The fraction of sp³-hybridized carbons (Fsp3) is 0.333. The van der Waals surface area contributed by atoms with E-state index < -0.39 is 12.3 Å². The summed E-state index contributed by atoms with van der Waals surface area (Å²) < 4.78 is 45.3. The molecule has 2 rings (SSSR count). The predicted octanol–water partition coefficient (Wildman–Crippen LogP) is 4.38. The minimum Gasteiger partial charge on any atom is -0.461 e.